The summed E-state index contributed by atoms with van der Waals surface area (Å²) < 4.78 is 0. The topological polar surface area (TPSA) is 33.1 Å². The first kappa shape index (κ1) is 9.21. The van der Waals surface area contributed by atoms with E-state index in [1.54, 1.807) is 18.3 Å². The van der Waals surface area contributed by atoms with E-state index in [9.17, 15) is 5.11 Å². The molecule has 1 aromatic heterocycles. The number of fused-ring (bicyclic) bond motifs is 1. The minimum Gasteiger partial charge on any atom is -0.551 e. The molecule has 12 heavy (non-hydrogen) atoms. The number of rotatable bonds is 0. The Morgan fingerprint density at radius 1 is 1.25 bits per heavy atom. The van der Waals surface area contributed by atoms with E-state index in [2.05, 4.69) is 11.2 Å². The van der Waals surface area contributed by atoms with Crippen molar-refractivity contribution in [1.29, 1.82) is 0 Å². The summed E-state index contributed by atoms with van der Waals surface area (Å²) in [6.07, 6.45) is 4.37. The van der Waals surface area contributed by atoms with Crippen molar-refractivity contribution in [2.24, 2.45) is 0 Å². The fourth-order valence-electron chi connectivity index (χ4n) is 1.04. The van der Waals surface area contributed by atoms with Crippen molar-refractivity contribution >= 4 is 10.8 Å². The van der Waals surface area contributed by atoms with Crippen LogP contribution in [-0.4, -0.2) is 10.1 Å². The third kappa shape index (κ3) is 1.48. The second kappa shape index (κ2) is 3.68. The van der Waals surface area contributed by atoms with Gasteiger partial charge in [-0.2, -0.15) is 0 Å². The molecule has 1 heterocycles. The smallest absolute Gasteiger partial charge is 0.0411 e. The minimum atomic E-state index is 0. The van der Waals surface area contributed by atoms with Crippen LogP contribution in [0.3, 0.4) is 0 Å². The van der Waals surface area contributed by atoms with Gasteiger partial charge in [-0.05, 0) is 6.20 Å². The maximum absolute atomic E-state index is 9.30. The second-order valence-electron chi connectivity index (χ2n) is 2.30. The van der Waals surface area contributed by atoms with Crippen LogP contribution in [0.15, 0.2) is 30.5 Å². The van der Waals surface area contributed by atoms with Crippen molar-refractivity contribution < 1.29 is 26.2 Å². The van der Waals surface area contributed by atoms with Gasteiger partial charge in [-0.3, -0.25) is 0 Å². The number of aromatic nitrogens is 1. The fourth-order valence-corrected chi connectivity index (χ4v) is 1.04. The number of pyridine rings is 1. The van der Waals surface area contributed by atoms with Crippen LogP contribution in [0.4, 0.5) is 0 Å². The molecule has 2 nitrogen and oxygen atoms in total. The van der Waals surface area contributed by atoms with Gasteiger partial charge in [-0.15, -0.1) is 11.5 Å². The number of aromatic hydroxyl groups is 1. The summed E-state index contributed by atoms with van der Waals surface area (Å²) in [5.74, 6) is 0.232. The molecule has 3 heteroatoms. The molecule has 0 aliphatic heterocycles. The monoisotopic (exact) mass is 328 g/mol. The largest absolute Gasteiger partial charge is 0.551 e. The molecule has 0 aliphatic carbocycles. The molecular formula is C9H6NOW-. The summed E-state index contributed by atoms with van der Waals surface area (Å²) in [5.41, 5.74) is 0. The first-order valence-corrected chi connectivity index (χ1v) is 3.32. The van der Waals surface area contributed by atoms with Crippen LogP contribution >= 0.6 is 0 Å². The zero-order valence-corrected chi connectivity index (χ0v) is 9.12. The van der Waals surface area contributed by atoms with Crippen LogP contribution < -0.4 is 0 Å². The summed E-state index contributed by atoms with van der Waals surface area (Å²) in [5, 5.41) is 10.9. The molecule has 0 fully saturated rings. The van der Waals surface area contributed by atoms with E-state index in [0.29, 0.717) is 5.39 Å². The van der Waals surface area contributed by atoms with E-state index in [1.807, 2.05) is 12.1 Å². The van der Waals surface area contributed by atoms with Crippen LogP contribution in [-0.2, 0) is 21.1 Å². The summed E-state index contributed by atoms with van der Waals surface area (Å²) in [6.45, 7) is 0. The van der Waals surface area contributed by atoms with Gasteiger partial charge in [0.25, 0.3) is 0 Å². The van der Waals surface area contributed by atoms with Crippen LogP contribution in [0, 0.1) is 6.20 Å². The van der Waals surface area contributed by atoms with E-state index >= 15 is 0 Å². The van der Waals surface area contributed by atoms with Crippen molar-refractivity contribution in [2.75, 3.05) is 0 Å². The molecule has 0 spiro atoms. The Balaban J connectivity index is 0.000000720. The van der Waals surface area contributed by atoms with E-state index in [-0.39, 0.29) is 26.8 Å². The van der Waals surface area contributed by atoms with Crippen LogP contribution in [0.1, 0.15) is 0 Å². The average Bonchev–Trinajstić information content (AvgIpc) is 2.06. The number of phenolic OH excluding ortho intramolecular Hbond substituents is 1. The molecular weight excluding hydrogens is 322 g/mol. The van der Waals surface area contributed by atoms with Crippen LogP contribution in [0.25, 0.3) is 10.8 Å². The third-order valence-electron chi connectivity index (χ3n) is 1.58. The van der Waals surface area contributed by atoms with Crippen molar-refractivity contribution in [2.45, 2.75) is 0 Å². The molecule has 1 N–H and O–H groups in total. The number of hydrogen-bond donors (Lipinski definition) is 1. The molecule has 0 saturated heterocycles. The van der Waals surface area contributed by atoms with Gasteiger partial charge in [0, 0.05) is 26.8 Å². The van der Waals surface area contributed by atoms with Gasteiger partial charge in [-0.25, -0.2) is 0 Å². The fraction of sp³-hybridized carbons (Fsp3) is 0. The maximum Gasteiger partial charge on any atom is 0.0411 e. The Morgan fingerprint density at radius 2 is 2.08 bits per heavy atom. The molecule has 2 rings (SSSR count). The predicted molar refractivity (Wildman–Crippen MR) is 42.2 cm³/mol. The van der Waals surface area contributed by atoms with Gasteiger partial charge in [0.1, 0.15) is 0 Å². The molecule has 2 aromatic rings. The van der Waals surface area contributed by atoms with E-state index in [0.717, 1.165) is 5.39 Å². The zero-order valence-electron chi connectivity index (χ0n) is 6.19. The van der Waals surface area contributed by atoms with Gasteiger partial charge in [-0.1, -0.05) is 29.8 Å². The third-order valence-corrected chi connectivity index (χ3v) is 1.58. The quantitative estimate of drug-likeness (QED) is 0.748. The Kier molecular flexibility index (Phi) is 2.82. The van der Waals surface area contributed by atoms with Crippen molar-refractivity contribution in [1.82, 2.24) is 4.98 Å². The average molecular weight is 328 g/mol. The summed E-state index contributed by atoms with van der Waals surface area (Å²) in [7, 11) is 0. The first-order valence-electron chi connectivity index (χ1n) is 3.32. The van der Waals surface area contributed by atoms with Crippen molar-refractivity contribution in [3.05, 3.63) is 36.7 Å². The van der Waals surface area contributed by atoms with Gasteiger partial charge < -0.3 is 10.1 Å². The second-order valence-corrected chi connectivity index (χ2v) is 2.30. The van der Waals surface area contributed by atoms with E-state index in [4.69, 9.17) is 0 Å². The Labute approximate surface area is 84.5 Å². The summed E-state index contributed by atoms with van der Waals surface area (Å²) >= 11 is 0. The predicted octanol–water partition coefficient (Wildman–Crippen LogP) is 1.74. The molecule has 0 amide bonds. The molecule has 0 unspecified atom stereocenters. The molecule has 1 aromatic carbocycles. The molecule has 0 radical (unpaired) electrons. The van der Waals surface area contributed by atoms with E-state index < -0.39 is 0 Å². The summed E-state index contributed by atoms with van der Waals surface area (Å²) in [6, 6.07) is 7.17. The van der Waals surface area contributed by atoms with Gasteiger partial charge in [0.05, 0.1) is 0 Å². The zero-order chi connectivity index (χ0) is 7.68. The van der Waals surface area contributed by atoms with Crippen LogP contribution in [0.2, 0.25) is 0 Å². The Bertz CT molecular complexity index is 384. The van der Waals surface area contributed by atoms with Crippen molar-refractivity contribution in [3.63, 3.8) is 0 Å². The van der Waals surface area contributed by atoms with Crippen molar-refractivity contribution in [3.8, 4) is 5.75 Å². The number of benzene rings is 1. The molecule has 0 atom stereocenters. The Morgan fingerprint density at radius 3 is 2.83 bits per heavy atom. The minimum absolute atomic E-state index is 0. The SMILES string of the molecule is Oc1cccc2ccn[c-]c12.[W]. The van der Waals surface area contributed by atoms with Gasteiger partial charge >= 0.3 is 0 Å². The number of phenols is 1. The maximum atomic E-state index is 9.30. The molecule has 0 aliphatic rings. The van der Waals surface area contributed by atoms with E-state index in [1.165, 1.54) is 0 Å². The number of hydrogen-bond acceptors (Lipinski definition) is 2. The molecule has 0 saturated carbocycles. The van der Waals surface area contributed by atoms with Gasteiger partial charge in [0.2, 0.25) is 0 Å². The number of nitrogens with zero attached hydrogens (tertiary/aromatic N) is 1. The normalized spacial score (nSPS) is 9.33. The van der Waals surface area contributed by atoms with Gasteiger partial charge in [0.15, 0.2) is 0 Å². The van der Waals surface area contributed by atoms with Crippen LogP contribution in [0.5, 0.6) is 5.75 Å². The Hall–Kier alpha value is -0.882. The molecule has 0 bridgehead atoms. The summed E-state index contributed by atoms with van der Waals surface area (Å²) in [4.78, 5) is 3.79. The standard InChI is InChI=1S/C9H6NO.W/c11-9-3-1-2-7-4-5-10-6-8(7)9;/h1-5,11H;/q-1;. The first-order chi connectivity index (χ1) is 5.38. The molecule has 60 valence electrons.